The zero-order valence-electron chi connectivity index (χ0n) is 15.2. The average molecular weight is 378 g/mol. The van der Waals surface area contributed by atoms with Gasteiger partial charge < -0.3 is 20.1 Å². The highest BCUT2D eigenvalue weighted by atomic mass is 16.5. The summed E-state index contributed by atoms with van der Waals surface area (Å²) in [5.41, 5.74) is 2.96. The molecule has 1 aliphatic rings. The van der Waals surface area contributed by atoms with Crippen molar-refractivity contribution in [1.29, 1.82) is 0 Å². The zero-order chi connectivity index (χ0) is 19.7. The largest absolute Gasteiger partial charge is 0.500 e. The van der Waals surface area contributed by atoms with Gasteiger partial charge in [0.05, 0.1) is 35.1 Å². The third-order valence-electron chi connectivity index (χ3n) is 4.52. The van der Waals surface area contributed by atoms with Crippen LogP contribution >= 0.6 is 0 Å². The number of anilines is 1. The van der Waals surface area contributed by atoms with Crippen LogP contribution in [0.1, 0.15) is 29.5 Å². The first-order chi connectivity index (χ1) is 13.6. The number of hydrogen-bond acceptors (Lipinski definition) is 5. The third-order valence-corrected chi connectivity index (χ3v) is 4.52. The Kier molecular flexibility index (Phi) is 4.52. The van der Waals surface area contributed by atoms with Crippen molar-refractivity contribution in [1.82, 2.24) is 15.0 Å². The van der Waals surface area contributed by atoms with Gasteiger partial charge >= 0.3 is 5.97 Å². The van der Waals surface area contributed by atoms with E-state index in [4.69, 9.17) is 4.74 Å². The molecule has 0 saturated carbocycles. The number of rotatable bonds is 5. The molecule has 1 aromatic carbocycles. The van der Waals surface area contributed by atoms with Crippen molar-refractivity contribution >= 4 is 28.6 Å². The summed E-state index contributed by atoms with van der Waals surface area (Å²) in [4.78, 5) is 35.8. The summed E-state index contributed by atoms with van der Waals surface area (Å²) in [5, 5.41) is 12.8. The van der Waals surface area contributed by atoms with E-state index in [2.05, 4.69) is 20.3 Å². The first-order valence-corrected chi connectivity index (χ1v) is 8.90. The van der Waals surface area contributed by atoms with E-state index in [0.29, 0.717) is 58.8 Å². The Hall–Kier alpha value is -3.68. The number of carbonyl (C=O) groups excluding carboxylic acids is 1. The number of H-pyrrole nitrogens is 1. The van der Waals surface area contributed by atoms with Crippen molar-refractivity contribution in [3.8, 4) is 11.3 Å². The molecule has 8 nitrogen and oxygen atoms in total. The van der Waals surface area contributed by atoms with Crippen molar-refractivity contribution in [3.05, 3.63) is 53.7 Å². The zero-order valence-corrected chi connectivity index (χ0v) is 15.2. The van der Waals surface area contributed by atoms with E-state index >= 15 is 0 Å². The summed E-state index contributed by atoms with van der Waals surface area (Å²) in [6.45, 7) is 2.44. The van der Waals surface area contributed by atoms with E-state index < -0.39 is 5.97 Å². The number of aryl methyl sites for hydroxylation is 1. The molecule has 0 aliphatic carbocycles. The Morgan fingerprint density at radius 2 is 2.18 bits per heavy atom. The van der Waals surface area contributed by atoms with Gasteiger partial charge in [-0.15, -0.1) is 0 Å². The molecule has 0 bridgehead atoms. The van der Waals surface area contributed by atoms with Crippen LogP contribution < -0.4 is 5.32 Å². The minimum atomic E-state index is -1.06. The first kappa shape index (κ1) is 17.7. The van der Waals surface area contributed by atoms with Crippen molar-refractivity contribution < 1.29 is 19.4 Å². The molecule has 1 amide bonds. The number of fused-ring (bicyclic) bond motifs is 1. The van der Waals surface area contributed by atoms with Crippen molar-refractivity contribution in [2.24, 2.45) is 0 Å². The number of benzene rings is 1. The highest BCUT2D eigenvalue weighted by molar-refractivity contribution is 6.08. The predicted molar refractivity (Wildman–Crippen MR) is 103 cm³/mol. The van der Waals surface area contributed by atoms with Gasteiger partial charge in [0.1, 0.15) is 11.5 Å². The molecular weight excluding hydrogens is 360 g/mol. The number of carboxylic acid groups (broad SMARTS) is 1. The number of carboxylic acids is 1. The Labute approximate surface area is 160 Å². The van der Waals surface area contributed by atoms with Gasteiger partial charge in [0.15, 0.2) is 0 Å². The van der Waals surface area contributed by atoms with E-state index in [0.717, 1.165) is 0 Å². The molecule has 0 radical (unpaired) electrons. The van der Waals surface area contributed by atoms with E-state index in [9.17, 15) is 14.7 Å². The average Bonchev–Trinajstić information content (AvgIpc) is 3.37. The highest BCUT2D eigenvalue weighted by Crippen LogP contribution is 2.30. The lowest BCUT2D eigenvalue weighted by molar-refractivity contribution is -0.112. The Balaban J connectivity index is 1.78. The Bertz CT molecular complexity index is 1120. The second kappa shape index (κ2) is 7.15. The van der Waals surface area contributed by atoms with Crippen LogP contribution in [0.3, 0.4) is 0 Å². The summed E-state index contributed by atoms with van der Waals surface area (Å²) in [5.74, 6) is -0.674. The molecule has 3 aromatic rings. The van der Waals surface area contributed by atoms with Crippen molar-refractivity contribution in [2.45, 2.75) is 19.8 Å². The van der Waals surface area contributed by atoms with Gasteiger partial charge in [-0.25, -0.2) is 14.8 Å². The maximum atomic E-state index is 12.3. The summed E-state index contributed by atoms with van der Waals surface area (Å²) < 4.78 is 5.11. The van der Waals surface area contributed by atoms with Gasteiger partial charge in [-0.3, -0.25) is 4.79 Å². The van der Waals surface area contributed by atoms with Crippen LogP contribution in [0.15, 0.2) is 42.3 Å². The molecule has 28 heavy (non-hydrogen) atoms. The number of aromatic amines is 1. The summed E-state index contributed by atoms with van der Waals surface area (Å²) in [7, 11) is 0. The van der Waals surface area contributed by atoms with Gasteiger partial charge in [0, 0.05) is 30.3 Å². The van der Waals surface area contributed by atoms with Crippen LogP contribution in [0.4, 0.5) is 5.69 Å². The molecule has 3 N–H and O–H groups in total. The molecule has 0 unspecified atom stereocenters. The standard InChI is InChI=1S/C20H18N4O4/c1-2-15-23-17(16-14(20(26)27)9-21-18(16)24-15)11-4-3-5-13(8-11)22-19(25)12-6-7-28-10-12/h3-5,8-10H,2,6-7H2,1H3,(H,22,25)(H,26,27)(H,21,23,24). The number of ether oxygens (including phenoxy) is 1. The van der Waals surface area contributed by atoms with Crippen molar-refractivity contribution in [3.63, 3.8) is 0 Å². The van der Waals surface area contributed by atoms with Gasteiger partial charge in [-0.2, -0.15) is 0 Å². The fourth-order valence-electron chi connectivity index (χ4n) is 3.12. The Morgan fingerprint density at radius 3 is 2.89 bits per heavy atom. The van der Waals surface area contributed by atoms with Gasteiger partial charge in [-0.1, -0.05) is 19.1 Å². The number of nitrogens with one attached hydrogen (secondary N) is 2. The van der Waals surface area contributed by atoms with Crippen LogP contribution in [-0.4, -0.2) is 38.5 Å². The number of nitrogens with zero attached hydrogens (tertiary/aromatic N) is 2. The molecular formula is C20H18N4O4. The minimum Gasteiger partial charge on any atom is -0.500 e. The number of carbonyl (C=O) groups is 2. The number of aromatic carboxylic acids is 1. The molecule has 1 aliphatic heterocycles. The Morgan fingerprint density at radius 1 is 1.32 bits per heavy atom. The smallest absolute Gasteiger partial charge is 0.338 e. The maximum absolute atomic E-state index is 12.3. The van der Waals surface area contributed by atoms with Crippen molar-refractivity contribution in [2.75, 3.05) is 11.9 Å². The number of amides is 1. The summed E-state index contributed by atoms with van der Waals surface area (Å²) in [6, 6.07) is 7.16. The molecule has 0 atom stereocenters. The topological polar surface area (TPSA) is 117 Å². The normalized spacial score (nSPS) is 13.2. The molecule has 4 rings (SSSR count). The number of aromatic nitrogens is 3. The van der Waals surface area contributed by atoms with E-state index in [-0.39, 0.29) is 11.5 Å². The molecule has 0 saturated heterocycles. The SMILES string of the molecule is CCc1nc(-c2cccc(NC(=O)C3=COCC3)c2)c2c(C(=O)O)c[nH]c2n1. The van der Waals surface area contributed by atoms with Crippen LogP contribution in [0, 0.1) is 0 Å². The number of hydrogen-bond donors (Lipinski definition) is 3. The lowest BCUT2D eigenvalue weighted by atomic mass is 10.0. The maximum Gasteiger partial charge on any atom is 0.338 e. The van der Waals surface area contributed by atoms with Gasteiger partial charge in [0.25, 0.3) is 5.91 Å². The van der Waals surface area contributed by atoms with Crippen LogP contribution in [0.5, 0.6) is 0 Å². The van der Waals surface area contributed by atoms with Crippen LogP contribution in [-0.2, 0) is 16.0 Å². The van der Waals surface area contributed by atoms with Crippen LogP contribution in [0.2, 0.25) is 0 Å². The minimum absolute atomic E-state index is 0.107. The fraction of sp³-hybridized carbons (Fsp3) is 0.200. The molecule has 0 fully saturated rings. The van der Waals surface area contributed by atoms with Crippen LogP contribution in [0.25, 0.3) is 22.3 Å². The summed E-state index contributed by atoms with van der Waals surface area (Å²) in [6.07, 6.45) is 4.07. The molecule has 3 heterocycles. The van der Waals surface area contributed by atoms with E-state index in [1.54, 1.807) is 18.2 Å². The van der Waals surface area contributed by atoms with Gasteiger partial charge in [-0.05, 0) is 12.1 Å². The molecule has 2 aromatic heterocycles. The van der Waals surface area contributed by atoms with Gasteiger partial charge in [0.2, 0.25) is 0 Å². The molecule has 142 valence electrons. The fourth-order valence-corrected chi connectivity index (χ4v) is 3.12. The quantitative estimate of drug-likeness (QED) is 0.628. The van der Waals surface area contributed by atoms with E-state index in [1.165, 1.54) is 12.5 Å². The third kappa shape index (κ3) is 3.20. The lowest BCUT2D eigenvalue weighted by Crippen LogP contribution is -2.13. The second-order valence-electron chi connectivity index (χ2n) is 6.37. The molecule has 8 heteroatoms. The lowest BCUT2D eigenvalue weighted by Gasteiger charge is -2.09. The van der Waals surface area contributed by atoms with E-state index in [1.807, 2.05) is 13.0 Å². The highest BCUT2D eigenvalue weighted by Gasteiger charge is 2.20. The predicted octanol–water partition coefficient (Wildman–Crippen LogP) is 3.13. The monoisotopic (exact) mass is 378 g/mol. The second-order valence-corrected chi connectivity index (χ2v) is 6.37. The molecule has 0 spiro atoms. The first-order valence-electron chi connectivity index (χ1n) is 8.90. The summed E-state index contributed by atoms with van der Waals surface area (Å²) >= 11 is 0.